The van der Waals surface area contributed by atoms with Crippen LogP contribution >= 0.6 is 11.6 Å². The first-order chi connectivity index (χ1) is 8.56. The molecule has 0 radical (unpaired) electrons. The second kappa shape index (κ2) is 5.32. The summed E-state index contributed by atoms with van der Waals surface area (Å²) < 4.78 is 0. The highest BCUT2D eigenvalue weighted by Crippen LogP contribution is 2.14. The van der Waals surface area contributed by atoms with Gasteiger partial charge in [-0.2, -0.15) is 0 Å². The fourth-order valence-corrected chi connectivity index (χ4v) is 1.87. The van der Waals surface area contributed by atoms with Crippen molar-refractivity contribution in [3.8, 4) is 0 Å². The maximum Gasteiger partial charge on any atom is 0.0845 e. The molecule has 2 nitrogen and oxygen atoms in total. The second-order valence-corrected chi connectivity index (χ2v) is 4.69. The summed E-state index contributed by atoms with van der Waals surface area (Å²) in [7, 11) is 0. The summed E-state index contributed by atoms with van der Waals surface area (Å²) in [5.41, 5.74) is 4.84. The van der Waals surface area contributed by atoms with Gasteiger partial charge in [0.1, 0.15) is 0 Å². The minimum Gasteiger partial charge on any atom is -0.254 e. The van der Waals surface area contributed by atoms with Crippen LogP contribution in [-0.2, 0) is 0 Å². The molecule has 0 bridgehead atoms. The van der Waals surface area contributed by atoms with Crippen LogP contribution in [0, 0.1) is 20.8 Å². The van der Waals surface area contributed by atoms with Gasteiger partial charge in [0.2, 0.25) is 0 Å². The molecule has 0 saturated heterocycles. The van der Waals surface area contributed by atoms with Crippen LogP contribution in [0.5, 0.6) is 0 Å². The van der Waals surface area contributed by atoms with Crippen LogP contribution in [-0.4, -0.2) is 9.97 Å². The van der Waals surface area contributed by atoms with Gasteiger partial charge in [-0.25, -0.2) is 4.98 Å². The molecule has 0 unspecified atom stereocenters. The van der Waals surface area contributed by atoms with E-state index >= 15 is 0 Å². The first kappa shape index (κ1) is 12.8. The maximum absolute atomic E-state index is 5.94. The van der Waals surface area contributed by atoms with Crippen molar-refractivity contribution in [2.24, 2.45) is 0 Å². The molecule has 1 aromatic heterocycles. The van der Waals surface area contributed by atoms with Crippen LogP contribution in [0.2, 0.25) is 5.02 Å². The molecule has 0 fully saturated rings. The molecule has 2 rings (SSSR count). The molecule has 92 valence electrons. The fourth-order valence-electron chi connectivity index (χ4n) is 1.68. The van der Waals surface area contributed by atoms with Crippen molar-refractivity contribution in [3.63, 3.8) is 0 Å². The lowest BCUT2D eigenvalue weighted by Crippen LogP contribution is -1.98. The third-order valence-electron chi connectivity index (χ3n) is 2.80. The first-order valence-corrected chi connectivity index (χ1v) is 6.19. The number of benzene rings is 1. The average Bonchev–Trinajstić information content (AvgIpc) is 2.32. The lowest BCUT2D eigenvalue weighted by atomic mass is 10.2. The van der Waals surface area contributed by atoms with Crippen molar-refractivity contribution in [3.05, 3.63) is 57.6 Å². The zero-order chi connectivity index (χ0) is 13.1. The van der Waals surface area contributed by atoms with Gasteiger partial charge < -0.3 is 0 Å². The van der Waals surface area contributed by atoms with Crippen molar-refractivity contribution in [2.45, 2.75) is 20.8 Å². The van der Waals surface area contributed by atoms with Crippen LogP contribution in [0.4, 0.5) is 0 Å². The van der Waals surface area contributed by atoms with E-state index in [0.29, 0.717) is 0 Å². The Morgan fingerprint density at radius 2 is 1.67 bits per heavy atom. The predicted molar refractivity (Wildman–Crippen MR) is 76.6 cm³/mol. The average molecular weight is 259 g/mol. The number of aryl methyl sites for hydroxylation is 3. The Morgan fingerprint density at radius 3 is 2.39 bits per heavy atom. The molecule has 0 aliphatic rings. The molecule has 0 spiro atoms. The highest BCUT2D eigenvalue weighted by atomic mass is 35.5. The molecular formula is C15H15ClN2. The van der Waals surface area contributed by atoms with Gasteiger partial charge in [0.25, 0.3) is 0 Å². The van der Waals surface area contributed by atoms with Gasteiger partial charge in [0, 0.05) is 5.02 Å². The summed E-state index contributed by atoms with van der Waals surface area (Å²) in [4.78, 5) is 8.99. The van der Waals surface area contributed by atoms with Crippen molar-refractivity contribution in [1.29, 1.82) is 0 Å². The van der Waals surface area contributed by atoms with Crippen LogP contribution in [0.3, 0.4) is 0 Å². The van der Waals surface area contributed by atoms with E-state index in [1.54, 1.807) is 0 Å². The lowest BCUT2D eigenvalue weighted by molar-refractivity contribution is 0.991. The molecule has 2 aromatic rings. The zero-order valence-corrected chi connectivity index (χ0v) is 11.5. The van der Waals surface area contributed by atoms with Crippen LogP contribution < -0.4 is 0 Å². The number of rotatable bonds is 2. The van der Waals surface area contributed by atoms with Crippen molar-refractivity contribution < 1.29 is 0 Å². The summed E-state index contributed by atoms with van der Waals surface area (Å²) >= 11 is 5.94. The number of halogens is 1. The standard InChI is InChI=1S/C15H15ClN2/c1-10-11(2)18-15(12(3)17-10)8-7-13-5-4-6-14(16)9-13/h4-9H,1-3H3. The van der Waals surface area contributed by atoms with E-state index in [4.69, 9.17) is 11.6 Å². The molecule has 1 aromatic carbocycles. The largest absolute Gasteiger partial charge is 0.254 e. The highest BCUT2D eigenvalue weighted by Gasteiger charge is 2.01. The third-order valence-corrected chi connectivity index (χ3v) is 3.04. The molecule has 0 aliphatic heterocycles. The lowest BCUT2D eigenvalue weighted by Gasteiger charge is -2.04. The van der Waals surface area contributed by atoms with E-state index in [9.17, 15) is 0 Å². The zero-order valence-electron chi connectivity index (χ0n) is 10.7. The van der Waals surface area contributed by atoms with E-state index in [2.05, 4.69) is 9.97 Å². The summed E-state index contributed by atoms with van der Waals surface area (Å²) in [6, 6.07) is 7.72. The smallest absolute Gasteiger partial charge is 0.0845 e. The van der Waals surface area contributed by atoms with Gasteiger partial charge in [-0.1, -0.05) is 29.8 Å². The van der Waals surface area contributed by atoms with Crippen LogP contribution in [0.25, 0.3) is 12.2 Å². The molecular weight excluding hydrogens is 244 g/mol. The Balaban J connectivity index is 2.32. The Bertz CT molecular complexity index is 603. The van der Waals surface area contributed by atoms with E-state index in [1.165, 1.54) is 0 Å². The minimum atomic E-state index is 0.736. The molecule has 0 atom stereocenters. The SMILES string of the molecule is Cc1nc(C)c(C=Cc2cccc(Cl)c2)nc1C. The molecule has 18 heavy (non-hydrogen) atoms. The van der Waals surface area contributed by atoms with E-state index < -0.39 is 0 Å². The number of hydrogen-bond donors (Lipinski definition) is 0. The van der Waals surface area contributed by atoms with Gasteiger partial charge in [0.05, 0.1) is 22.8 Å². The second-order valence-electron chi connectivity index (χ2n) is 4.25. The molecule has 0 saturated carbocycles. The summed E-state index contributed by atoms with van der Waals surface area (Å²) in [6.07, 6.45) is 3.97. The topological polar surface area (TPSA) is 25.8 Å². The van der Waals surface area contributed by atoms with Gasteiger partial charge >= 0.3 is 0 Å². The Kier molecular flexibility index (Phi) is 3.78. The van der Waals surface area contributed by atoms with Gasteiger partial charge in [0.15, 0.2) is 0 Å². The quantitative estimate of drug-likeness (QED) is 0.806. The fraction of sp³-hybridized carbons (Fsp3) is 0.200. The number of aromatic nitrogens is 2. The Hall–Kier alpha value is -1.67. The first-order valence-electron chi connectivity index (χ1n) is 5.82. The van der Waals surface area contributed by atoms with Gasteiger partial charge in [-0.15, -0.1) is 0 Å². The predicted octanol–water partition coefficient (Wildman–Crippen LogP) is 4.23. The maximum atomic E-state index is 5.94. The molecule has 1 heterocycles. The molecule has 3 heteroatoms. The van der Waals surface area contributed by atoms with E-state index in [-0.39, 0.29) is 0 Å². The molecule has 0 amide bonds. The Labute approximate surface area is 112 Å². The number of hydrogen-bond acceptors (Lipinski definition) is 2. The monoisotopic (exact) mass is 258 g/mol. The van der Waals surface area contributed by atoms with Gasteiger partial charge in [-0.3, -0.25) is 4.98 Å². The minimum absolute atomic E-state index is 0.736. The van der Waals surface area contributed by atoms with Crippen LogP contribution in [0.15, 0.2) is 24.3 Å². The van der Waals surface area contributed by atoms with Crippen molar-refractivity contribution in [2.75, 3.05) is 0 Å². The van der Waals surface area contributed by atoms with E-state index in [0.717, 1.165) is 33.4 Å². The highest BCUT2D eigenvalue weighted by molar-refractivity contribution is 6.30. The molecule has 0 N–H and O–H groups in total. The summed E-state index contributed by atoms with van der Waals surface area (Å²) in [5, 5.41) is 0.736. The molecule has 0 aliphatic carbocycles. The Morgan fingerprint density at radius 1 is 0.944 bits per heavy atom. The van der Waals surface area contributed by atoms with Crippen molar-refractivity contribution >= 4 is 23.8 Å². The third kappa shape index (κ3) is 2.96. The van der Waals surface area contributed by atoms with Crippen molar-refractivity contribution in [1.82, 2.24) is 9.97 Å². The summed E-state index contributed by atoms with van der Waals surface area (Å²) in [6.45, 7) is 5.91. The number of nitrogens with zero attached hydrogens (tertiary/aromatic N) is 2. The normalized spacial score (nSPS) is 11.1. The summed E-state index contributed by atoms with van der Waals surface area (Å²) in [5.74, 6) is 0. The van der Waals surface area contributed by atoms with E-state index in [1.807, 2.05) is 57.2 Å². The van der Waals surface area contributed by atoms with Crippen LogP contribution in [0.1, 0.15) is 28.3 Å². The van der Waals surface area contributed by atoms with Gasteiger partial charge in [-0.05, 0) is 44.5 Å².